The summed E-state index contributed by atoms with van der Waals surface area (Å²) in [7, 11) is 0. The molecule has 24 N–H and O–H groups in total. The van der Waals surface area contributed by atoms with Crippen LogP contribution in [0.4, 0.5) is 0 Å². The Morgan fingerprint density at radius 1 is 0.474 bits per heavy atom. The standard InChI is InChI=1S/C90H99Cl2N9O34/c1-34(2)9-7-5-6-8-10-62(111)96-70-76(116)73(113)60(32-103)132-89(70)135-80-57-26-42-27-58(80)129-54-18-14-40(24-49(54)92)79(134-88-69(94-36(4)106)75(115)72(112)59(31-102)131-88)71-86(124)100-68(87(125)126)47-29-44(108)30-56(130-90-78(118)77(117)74(114)61(33-104)133-90)63(47)46-23-38(12-15-51(46)109)65(83(121)101-71)98-85(123)67(42)99-84(122)66-41-21-43(107)28-45(22-41)127-55-25-39(13-16-52(55)110)64(93-35(3)105)82(120)95-50(81(119)97-66)20-37-11-17-53(128-57)48(91)19-37/h11-19,21-30,34,50,59-61,64-79,88-90,102-104,107-110,112-118H,5-10,20,31-33H2,1-4H3,(H,93,105)(H,94,106)(H,95,120)(H,96,111)(H,97,119)(H,98,123)(H,99,122)(H,100,124)(H,101,121)(H,125,126). The Morgan fingerprint density at radius 3 is 1.64 bits per heavy atom. The summed E-state index contributed by atoms with van der Waals surface area (Å²) < 4.78 is 57.6. The lowest BCUT2D eigenvalue weighted by Gasteiger charge is -2.44. The number of phenolic OH excluding ortho intramolecular Hbond substituents is 4. The summed E-state index contributed by atoms with van der Waals surface area (Å²) in [6, 6.07) is 0.0802. The number of benzene rings is 7. The molecule has 45 heteroatoms. The summed E-state index contributed by atoms with van der Waals surface area (Å²) in [6.45, 7) is 3.01. The van der Waals surface area contributed by atoms with Crippen molar-refractivity contribution in [2.45, 2.75) is 213 Å². The lowest BCUT2D eigenvalue weighted by molar-refractivity contribution is -0.284. The van der Waals surface area contributed by atoms with Crippen molar-refractivity contribution in [2.75, 3.05) is 19.8 Å². The molecular weight excluding hydrogens is 1820 g/mol. The van der Waals surface area contributed by atoms with Crippen molar-refractivity contribution in [1.29, 1.82) is 0 Å². The lowest BCUT2D eigenvalue weighted by Crippen LogP contribution is -2.65. The molecule has 0 aromatic heterocycles. The van der Waals surface area contributed by atoms with Crippen LogP contribution in [-0.4, -0.2) is 260 Å². The molecule has 3 saturated heterocycles. The van der Waals surface area contributed by atoms with Gasteiger partial charge in [-0.05, 0) is 125 Å². The van der Waals surface area contributed by atoms with Gasteiger partial charge < -0.3 is 167 Å². The number of carboxylic acids is 1. The molecule has 3 fully saturated rings. The maximum absolute atomic E-state index is 17.1. The zero-order valence-electron chi connectivity index (χ0n) is 72.1. The molecule has 9 amide bonds. The molecule has 0 spiro atoms. The fourth-order valence-corrected chi connectivity index (χ4v) is 17.3. The molecular formula is C90H99Cl2N9O34. The number of nitrogens with one attached hydrogen (secondary N) is 9. The number of aromatic hydroxyl groups is 4. The molecule has 9 aliphatic rings. The fourth-order valence-electron chi connectivity index (χ4n) is 16.8. The van der Waals surface area contributed by atoms with Gasteiger partial charge >= 0.3 is 5.97 Å². The van der Waals surface area contributed by atoms with Crippen molar-refractivity contribution < 1.29 is 167 Å². The van der Waals surface area contributed by atoms with E-state index >= 15 is 28.8 Å². The van der Waals surface area contributed by atoms with Crippen LogP contribution in [0.15, 0.2) is 115 Å². The van der Waals surface area contributed by atoms with Gasteiger partial charge in [-0.15, -0.1) is 0 Å². The van der Waals surface area contributed by atoms with Crippen LogP contribution in [0.5, 0.6) is 69.0 Å². The average Bonchev–Trinajstić information content (AvgIpc) is 0.756. The molecule has 23 unspecified atom stereocenters. The molecule has 23 atom stereocenters. The first-order valence-corrected chi connectivity index (χ1v) is 43.6. The van der Waals surface area contributed by atoms with Gasteiger partial charge in [-0.2, -0.15) is 0 Å². The van der Waals surface area contributed by atoms with Gasteiger partial charge in [0.2, 0.25) is 71.5 Å². The van der Waals surface area contributed by atoms with Crippen LogP contribution < -0.4 is 71.5 Å². The van der Waals surface area contributed by atoms with Crippen molar-refractivity contribution in [3.8, 4) is 80.1 Å². The van der Waals surface area contributed by atoms with E-state index in [-0.39, 0.29) is 28.3 Å². The first-order valence-electron chi connectivity index (χ1n) is 42.9. The number of aliphatic hydroxyl groups is 10. The summed E-state index contributed by atoms with van der Waals surface area (Å²) >= 11 is 14.8. The van der Waals surface area contributed by atoms with Crippen molar-refractivity contribution in [2.24, 2.45) is 5.92 Å². The number of ether oxygens (including phenoxy) is 9. The van der Waals surface area contributed by atoms with Crippen LogP contribution in [0.3, 0.4) is 0 Å². The second kappa shape index (κ2) is 41.8. The number of aliphatic carboxylic acids is 1. The second-order valence-corrected chi connectivity index (χ2v) is 34.7. The average molecular weight is 1920 g/mol. The molecule has 17 bridgehead atoms. The predicted octanol–water partition coefficient (Wildman–Crippen LogP) is 1.20. The Kier molecular flexibility index (Phi) is 30.4. The molecule has 16 rings (SSSR count). The van der Waals surface area contributed by atoms with E-state index in [9.17, 15) is 95.8 Å². The number of unbranched alkanes of at least 4 members (excludes halogenated alkanes) is 3. The van der Waals surface area contributed by atoms with Crippen LogP contribution in [0.1, 0.15) is 141 Å². The van der Waals surface area contributed by atoms with E-state index in [1.165, 1.54) is 24.3 Å². The summed E-state index contributed by atoms with van der Waals surface area (Å²) in [6.07, 6.45) is -26.1. The number of fused-ring (bicyclic) bond motifs is 14. The molecule has 7 aromatic carbocycles. The first-order chi connectivity index (χ1) is 64.3. The van der Waals surface area contributed by atoms with Crippen LogP contribution in [0.2, 0.25) is 10.0 Å². The predicted molar refractivity (Wildman–Crippen MR) is 463 cm³/mol. The zero-order valence-corrected chi connectivity index (χ0v) is 73.6. The van der Waals surface area contributed by atoms with Gasteiger partial charge in [0.25, 0.3) is 0 Å². The topological polar surface area (TPSA) is 665 Å². The molecule has 722 valence electrons. The van der Waals surface area contributed by atoms with Gasteiger partial charge in [0, 0.05) is 55.5 Å². The number of amides is 9. The van der Waals surface area contributed by atoms with Crippen molar-refractivity contribution in [1.82, 2.24) is 47.9 Å². The normalized spacial score (nSPS) is 28.5. The number of carbonyl (C=O) groups is 10. The van der Waals surface area contributed by atoms with Gasteiger partial charge in [0.1, 0.15) is 156 Å². The minimum Gasteiger partial charge on any atom is -0.508 e. The summed E-state index contributed by atoms with van der Waals surface area (Å²) in [5, 5.41) is 193. The van der Waals surface area contributed by atoms with Crippen molar-refractivity contribution >= 4 is 82.3 Å². The number of phenols is 4. The SMILES string of the molecule is CC(=O)NC1C(=O)NC2Cc3ccc(c(Cl)c3)Oc3cc4cc(c3OC3OC(CO)C(O)C(O)C3NC(=O)CCCCCCC(C)C)Oc3ccc(cc3Cl)C(OC3OC(CO)C(O)C(O)C3NC(C)=O)C3NC(=O)C(NC(=O)C4NC(=O)C(NC2=O)c2cc(O)cc(c2)Oc2cc1ccc2O)c1ccc(O)c(c1)-c1c(OC2OC(CO)C(O)C(O)C2O)cc(O)cc1C(C(=O)O)NC3=O. The Balaban J connectivity index is 1.04. The second-order valence-electron chi connectivity index (χ2n) is 33.8. The quantitative estimate of drug-likeness (QED) is 0.0477. The fraction of sp³-hybridized carbons (Fsp3) is 0.422. The van der Waals surface area contributed by atoms with Gasteiger partial charge in [-0.25, -0.2) is 4.79 Å². The number of hydrogen-bond donors (Lipinski definition) is 24. The van der Waals surface area contributed by atoms with E-state index in [0.717, 1.165) is 124 Å². The van der Waals surface area contributed by atoms with Crippen molar-refractivity contribution in [3.63, 3.8) is 0 Å². The highest BCUT2D eigenvalue weighted by Crippen LogP contribution is 2.51. The van der Waals surface area contributed by atoms with E-state index in [4.69, 9.17) is 65.8 Å². The highest BCUT2D eigenvalue weighted by Gasteiger charge is 2.52. The zero-order chi connectivity index (χ0) is 97.1. The molecule has 0 saturated carbocycles. The number of hydrogen-bond acceptors (Lipinski definition) is 33. The van der Waals surface area contributed by atoms with Crippen LogP contribution >= 0.6 is 23.2 Å². The number of carboxylic acid groups (broad SMARTS) is 1. The lowest BCUT2D eigenvalue weighted by atomic mass is 9.89. The van der Waals surface area contributed by atoms with Crippen molar-refractivity contribution in [3.05, 3.63) is 164 Å². The van der Waals surface area contributed by atoms with E-state index in [1.54, 1.807) is 0 Å². The third kappa shape index (κ3) is 21.7. The van der Waals surface area contributed by atoms with Crippen LogP contribution in [0.25, 0.3) is 11.1 Å². The molecule has 9 aliphatic heterocycles. The molecule has 0 radical (unpaired) electrons. The molecule has 135 heavy (non-hydrogen) atoms. The largest absolute Gasteiger partial charge is 0.508 e. The van der Waals surface area contributed by atoms with E-state index in [1.807, 2.05) is 0 Å². The Morgan fingerprint density at radius 2 is 1.02 bits per heavy atom. The highest BCUT2D eigenvalue weighted by molar-refractivity contribution is 6.32. The maximum Gasteiger partial charge on any atom is 0.330 e. The van der Waals surface area contributed by atoms with Gasteiger partial charge in [-0.3, -0.25) is 43.2 Å². The Labute approximate surface area is 776 Å². The van der Waals surface area contributed by atoms with Gasteiger partial charge in [-0.1, -0.05) is 87.0 Å². The van der Waals surface area contributed by atoms with Gasteiger partial charge in [0.15, 0.2) is 35.3 Å². The third-order valence-electron chi connectivity index (χ3n) is 23.7. The minimum atomic E-state index is -2.60. The van der Waals surface area contributed by atoms with E-state index < -0.39 is 333 Å². The van der Waals surface area contributed by atoms with Crippen LogP contribution in [-0.2, 0) is 73.3 Å². The summed E-state index contributed by atoms with van der Waals surface area (Å²) in [5.41, 5.74) is -4.00. The molecule has 0 aliphatic carbocycles. The Bertz CT molecular complexity index is 5700. The van der Waals surface area contributed by atoms with E-state index in [2.05, 4.69) is 61.7 Å². The van der Waals surface area contributed by atoms with Gasteiger partial charge in [0.05, 0.1) is 29.9 Å². The summed E-state index contributed by atoms with van der Waals surface area (Å²) in [4.78, 5) is 152. The highest BCUT2D eigenvalue weighted by atomic mass is 35.5. The molecule has 9 heterocycles. The number of halogens is 2. The number of aliphatic hydroxyl groups excluding tert-OH is 10. The Hall–Kier alpha value is -12.5. The minimum absolute atomic E-state index is 0.0333. The number of carbonyl (C=O) groups excluding carboxylic acids is 9. The van der Waals surface area contributed by atoms with E-state index in [0.29, 0.717) is 18.8 Å². The maximum atomic E-state index is 17.1. The third-order valence-corrected chi connectivity index (χ3v) is 24.3. The monoisotopic (exact) mass is 1920 g/mol. The molecule has 7 aromatic rings. The smallest absolute Gasteiger partial charge is 0.330 e. The molecule has 43 nitrogen and oxygen atoms in total. The van der Waals surface area contributed by atoms with Crippen LogP contribution in [0, 0.1) is 5.92 Å². The summed E-state index contributed by atoms with van der Waals surface area (Å²) in [5.74, 6) is -20.4. The number of rotatable bonds is 20. The first kappa shape index (κ1) is 98.5.